The Hall–Kier alpha value is -0.0800. The molecule has 0 amide bonds. The van der Waals surface area contributed by atoms with Gasteiger partial charge in [-0.15, -0.1) is 0 Å². The van der Waals surface area contributed by atoms with Crippen molar-refractivity contribution in [1.29, 1.82) is 0 Å². The molecule has 2 unspecified atom stereocenters. The predicted molar refractivity (Wildman–Crippen MR) is 55.9 cm³/mol. The van der Waals surface area contributed by atoms with E-state index in [1.54, 1.807) is 0 Å². The molecule has 1 aliphatic carbocycles. The minimum Gasteiger partial charge on any atom is -0.365 e. The third-order valence-corrected chi connectivity index (χ3v) is 4.01. The van der Waals surface area contributed by atoms with Crippen LogP contribution in [0.4, 0.5) is 0 Å². The van der Waals surface area contributed by atoms with Crippen molar-refractivity contribution in [1.82, 2.24) is 0 Å². The van der Waals surface area contributed by atoms with Gasteiger partial charge in [0, 0.05) is 11.8 Å². The first kappa shape index (κ1) is 10.4. The van der Waals surface area contributed by atoms with Gasteiger partial charge in [0.2, 0.25) is 0 Å². The van der Waals surface area contributed by atoms with Gasteiger partial charge in [-0.3, -0.25) is 0 Å². The lowest BCUT2D eigenvalue weighted by Gasteiger charge is -2.34. The summed E-state index contributed by atoms with van der Waals surface area (Å²) in [7, 11) is 0. The minimum atomic E-state index is -0.813. The molecule has 1 saturated heterocycles. The van der Waals surface area contributed by atoms with E-state index in [1.807, 2.05) is 0 Å². The quantitative estimate of drug-likeness (QED) is 0.739. The highest BCUT2D eigenvalue weighted by Crippen LogP contribution is 2.62. The molecule has 0 spiro atoms. The van der Waals surface area contributed by atoms with Crippen molar-refractivity contribution < 1.29 is 9.84 Å². The summed E-state index contributed by atoms with van der Waals surface area (Å²) < 4.78 is 5.61. The molecule has 1 heterocycles. The Balaban J connectivity index is 2.28. The van der Waals surface area contributed by atoms with Crippen LogP contribution in [0.25, 0.3) is 0 Å². The van der Waals surface area contributed by atoms with E-state index in [0.717, 1.165) is 38.7 Å². The van der Waals surface area contributed by atoms with Gasteiger partial charge in [-0.25, -0.2) is 0 Å². The summed E-state index contributed by atoms with van der Waals surface area (Å²) in [4.78, 5) is 0. The Kier molecular flexibility index (Phi) is 2.20. The third kappa shape index (κ3) is 1.31. The van der Waals surface area contributed by atoms with Crippen molar-refractivity contribution in [2.45, 2.75) is 58.7 Å². The summed E-state index contributed by atoms with van der Waals surface area (Å²) >= 11 is 0. The van der Waals surface area contributed by atoms with Crippen LogP contribution in [0.5, 0.6) is 0 Å². The number of hydrogen-bond acceptors (Lipinski definition) is 2. The lowest BCUT2D eigenvalue weighted by molar-refractivity contribution is -0.215. The first-order chi connectivity index (χ1) is 6.43. The summed E-state index contributed by atoms with van der Waals surface area (Å²) in [6.07, 6.45) is 5.21. The Morgan fingerprint density at radius 3 is 2.64 bits per heavy atom. The van der Waals surface area contributed by atoms with E-state index in [2.05, 4.69) is 20.8 Å². The smallest absolute Gasteiger partial charge is 0.171 e. The van der Waals surface area contributed by atoms with Gasteiger partial charge in [-0.05, 0) is 24.7 Å². The van der Waals surface area contributed by atoms with Crippen LogP contribution in [0, 0.1) is 10.8 Å². The van der Waals surface area contributed by atoms with Crippen molar-refractivity contribution in [3.8, 4) is 0 Å². The number of fused-ring (bicyclic) bond motifs is 1. The van der Waals surface area contributed by atoms with Gasteiger partial charge in [0.25, 0.3) is 0 Å². The van der Waals surface area contributed by atoms with Gasteiger partial charge in [0.05, 0.1) is 6.61 Å². The van der Waals surface area contributed by atoms with Crippen molar-refractivity contribution in [3.05, 3.63) is 0 Å². The molecule has 1 aliphatic heterocycles. The van der Waals surface area contributed by atoms with Crippen LogP contribution in [0.3, 0.4) is 0 Å². The van der Waals surface area contributed by atoms with Crippen molar-refractivity contribution in [2.24, 2.45) is 10.8 Å². The summed E-state index contributed by atoms with van der Waals surface area (Å²) in [5, 5.41) is 10.5. The monoisotopic (exact) mass is 198 g/mol. The minimum absolute atomic E-state index is 0.0608. The van der Waals surface area contributed by atoms with E-state index in [9.17, 15) is 5.11 Å². The van der Waals surface area contributed by atoms with Gasteiger partial charge >= 0.3 is 0 Å². The molecule has 0 bridgehead atoms. The topological polar surface area (TPSA) is 29.5 Å². The van der Waals surface area contributed by atoms with Crippen LogP contribution in [0.2, 0.25) is 0 Å². The Morgan fingerprint density at radius 2 is 2.00 bits per heavy atom. The molecule has 0 radical (unpaired) electrons. The molecule has 0 aromatic carbocycles. The predicted octanol–water partition coefficient (Wildman–Crippen LogP) is 2.70. The van der Waals surface area contributed by atoms with Crippen LogP contribution in [-0.4, -0.2) is 17.5 Å². The molecule has 2 aliphatic rings. The zero-order chi connectivity index (χ0) is 10.4. The van der Waals surface area contributed by atoms with Gasteiger partial charge in [0.1, 0.15) is 0 Å². The van der Waals surface area contributed by atoms with E-state index in [-0.39, 0.29) is 10.8 Å². The SMILES string of the molecule is CCCC12CCOC1(O)CC(C)(C)C2. The molecule has 2 heteroatoms. The molecule has 1 saturated carbocycles. The van der Waals surface area contributed by atoms with Crippen LogP contribution < -0.4 is 0 Å². The number of rotatable bonds is 2. The number of aliphatic hydroxyl groups is 1. The fourth-order valence-electron chi connectivity index (χ4n) is 3.74. The van der Waals surface area contributed by atoms with Crippen LogP contribution >= 0.6 is 0 Å². The molecule has 1 N–H and O–H groups in total. The molecular weight excluding hydrogens is 176 g/mol. The summed E-state index contributed by atoms with van der Waals surface area (Å²) in [5.74, 6) is -0.813. The zero-order valence-electron chi connectivity index (χ0n) is 9.60. The van der Waals surface area contributed by atoms with E-state index < -0.39 is 5.79 Å². The standard InChI is InChI=1S/C12H22O2/c1-4-5-11-6-7-14-12(11,13)9-10(2,3)8-11/h13H,4-9H2,1-3H3. The molecule has 2 fully saturated rings. The maximum Gasteiger partial charge on any atom is 0.171 e. The van der Waals surface area contributed by atoms with Gasteiger partial charge in [0.15, 0.2) is 5.79 Å². The summed E-state index contributed by atoms with van der Waals surface area (Å²) in [6.45, 7) is 7.42. The second-order valence-electron chi connectivity index (χ2n) is 5.93. The average molecular weight is 198 g/mol. The lowest BCUT2D eigenvalue weighted by atomic mass is 9.75. The second-order valence-corrected chi connectivity index (χ2v) is 5.93. The molecule has 0 aromatic rings. The summed E-state index contributed by atoms with van der Waals surface area (Å²) in [6, 6.07) is 0. The molecule has 14 heavy (non-hydrogen) atoms. The Bertz CT molecular complexity index is 236. The molecule has 0 aromatic heterocycles. The highest BCUT2D eigenvalue weighted by molar-refractivity contribution is 5.07. The summed E-state index contributed by atoms with van der Waals surface area (Å²) in [5.41, 5.74) is 0.301. The van der Waals surface area contributed by atoms with Crippen molar-refractivity contribution in [3.63, 3.8) is 0 Å². The highest BCUT2D eigenvalue weighted by Gasteiger charge is 2.63. The maximum absolute atomic E-state index is 10.5. The van der Waals surface area contributed by atoms with Crippen LogP contribution in [-0.2, 0) is 4.74 Å². The third-order valence-electron chi connectivity index (χ3n) is 4.01. The average Bonchev–Trinajstić information content (AvgIpc) is 2.34. The highest BCUT2D eigenvalue weighted by atomic mass is 16.6. The fraction of sp³-hybridized carbons (Fsp3) is 1.00. The maximum atomic E-state index is 10.5. The van der Waals surface area contributed by atoms with E-state index in [4.69, 9.17) is 4.74 Å². The number of hydrogen-bond donors (Lipinski definition) is 1. The normalized spacial score (nSPS) is 45.4. The van der Waals surface area contributed by atoms with E-state index >= 15 is 0 Å². The Labute approximate surface area is 86.6 Å². The molecule has 82 valence electrons. The van der Waals surface area contributed by atoms with Gasteiger partial charge < -0.3 is 9.84 Å². The first-order valence-corrected chi connectivity index (χ1v) is 5.79. The fourth-order valence-corrected chi connectivity index (χ4v) is 3.74. The van der Waals surface area contributed by atoms with Gasteiger partial charge in [-0.2, -0.15) is 0 Å². The molecule has 2 atom stereocenters. The second kappa shape index (κ2) is 2.96. The first-order valence-electron chi connectivity index (χ1n) is 5.79. The van der Waals surface area contributed by atoms with Gasteiger partial charge in [-0.1, -0.05) is 27.2 Å². The van der Waals surface area contributed by atoms with Crippen LogP contribution in [0.1, 0.15) is 52.9 Å². The van der Waals surface area contributed by atoms with E-state index in [0.29, 0.717) is 0 Å². The molecule has 2 nitrogen and oxygen atoms in total. The van der Waals surface area contributed by atoms with Crippen molar-refractivity contribution in [2.75, 3.05) is 6.61 Å². The number of ether oxygens (including phenoxy) is 1. The van der Waals surface area contributed by atoms with Crippen LogP contribution in [0.15, 0.2) is 0 Å². The lowest BCUT2D eigenvalue weighted by Crippen LogP contribution is -2.40. The molecular formula is C12H22O2. The zero-order valence-corrected chi connectivity index (χ0v) is 9.60. The van der Waals surface area contributed by atoms with E-state index in [1.165, 1.54) is 0 Å². The molecule has 2 rings (SSSR count). The Morgan fingerprint density at radius 1 is 1.29 bits per heavy atom. The van der Waals surface area contributed by atoms with Crippen molar-refractivity contribution >= 4 is 0 Å². The largest absolute Gasteiger partial charge is 0.365 e.